The van der Waals surface area contributed by atoms with Crippen LogP contribution in [0.15, 0.2) is 24.3 Å². The molecule has 2 nitrogen and oxygen atoms in total. The third-order valence-electron chi connectivity index (χ3n) is 2.48. The SMILES string of the molecule is CSC(O)C(=O)c1ccc(C(C)(C)C)cc1. The van der Waals surface area contributed by atoms with Crippen molar-refractivity contribution in [2.45, 2.75) is 31.6 Å². The molecule has 1 aromatic carbocycles. The van der Waals surface area contributed by atoms with Crippen LogP contribution in [-0.4, -0.2) is 22.6 Å². The minimum atomic E-state index is -0.958. The second-order valence-electron chi connectivity index (χ2n) is 4.78. The Bertz CT molecular complexity index is 363. The molecular formula is C13H18O2S. The van der Waals surface area contributed by atoms with Gasteiger partial charge in [0.15, 0.2) is 5.44 Å². The Labute approximate surface area is 101 Å². The number of aliphatic hydroxyl groups excluding tert-OH is 1. The molecule has 1 atom stereocenters. The molecular weight excluding hydrogens is 220 g/mol. The fraction of sp³-hybridized carbons (Fsp3) is 0.462. The first kappa shape index (κ1) is 13.3. The molecule has 0 radical (unpaired) electrons. The zero-order valence-corrected chi connectivity index (χ0v) is 11.0. The molecule has 0 fully saturated rings. The highest BCUT2D eigenvalue weighted by Gasteiger charge is 2.17. The van der Waals surface area contributed by atoms with Gasteiger partial charge in [0.25, 0.3) is 0 Å². The van der Waals surface area contributed by atoms with Crippen LogP contribution in [0.5, 0.6) is 0 Å². The van der Waals surface area contributed by atoms with E-state index in [1.54, 1.807) is 18.4 Å². The maximum absolute atomic E-state index is 11.7. The molecule has 0 aliphatic heterocycles. The molecule has 1 unspecified atom stereocenters. The van der Waals surface area contributed by atoms with Gasteiger partial charge in [0.2, 0.25) is 5.78 Å². The van der Waals surface area contributed by atoms with Crippen molar-refractivity contribution in [3.05, 3.63) is 35.4 Å². The van der Waals surface area contributed by atoms with Gasteiger partial charge in [0.05, 0.1) is 0 Å². The number of carbonyl (C=O) groups is 1. The van der Waals surface area contributed by atoms with Crippen LogP contribution in [-0.2, 0) is 5.41 Å². The number of Topliss-reactive ketones (excluding diaryl/α,β-unsaturated/α-hetero) is 1. The Kier molecular flexibility index (Phi) is 4.16. The van der Waals surface area contributed by atoms with Crippen LogP contribution in [0.4, 0.5) is 0 Å². The van der Waals surface area contributed by atoms with Crippen LogP contribution >= 0.6 is 11.8 Å². The summed E-state index contributed by atoms with van der Waals surface area (Å²) in [4.78, 5) is 11.7. The standard InChI is InChI=1S/C13H18O2S/c1-13(2,3)10-7-5-9(6-8-10)11(14)12(15)16-4/h5-8,12,15H,1-4H3. The van der Waals surface area contributed by atoms with E-state index in [9.17, 15) is 9.90 Å². The van der Waals surface area contributed by atoms with E-state index in [-0.39, 0.29) is 11.2 Å². The molecule has 1 rings (SSSR count). The number of thioether (sulfide) groups is 1. The van der Waals surface area contributed by atoms with Gasteiger partial charge in [0, 0.05) is 5.56 Å². The number of aliphatic hydroxyl groups is 1. The molecule has 3 heteroatoms. The van der Waals surface area contributed by atoms with E-state index in [1.165, 1.54) is 5.56 Å². The van der Waals surface area contributed by atoms with Crippen molar-refractivity contribution in [1.29, 1.82) is 0 Å². The third kappa shape index (κ3) is 3.09. The van der Waals surface area contributed by atoms with Gasteiger partial charge in [-0.2, -0.15) is 0 Å². The van der Waals surface area contributed by atoms with E-state index in [2.05, 4.69) is 20.8 Å². The molecule has 0 aromatic heterocycles. The number of ketones is 1. The average molecular weight is 238 g/mol. The Hall–Kier alpha value is -0.800. The van der Waals surface area contributed by atoms with E-state index >= 15 is 0 Å². The Morgan fingerprint density at radius 1 is 1.25 bits per heavy atom. The Morgan fingerprint density at radius 2 is 1.75 bits per heavy atom. The lowest BCUT2D eigenvalue weighted by molar-refractivity contribution is 0.0869. The predicted molar refractivity (Wildman–Crippen MR) is 69.0 cm³/mol. The molecule has 1 N–H and O–H groups in total. The Balaban J connectivity index is 2.91. The largest absolute Gasteiger partial charge is 0.374 e. The van der Waals surface area contributed by atoms with Crippen LogP contribution in [0.3, 0.4) is 0 Å². The van der Waals surface area contributed by atoms with Crippen molar-refractivity contribution >= 4 is 17.5 Å². The fourth-order valence-corrected chi connectivity index (χ4v) is 1.73. The van der Waals surface area contributed by atoms with Crippen molar-refractivity contribution in [2.75, 3.05) is 6.26 Å². The van der Waals surface area contributed by atoms with Gasteiger partial charge in [0.1, 0.15) is 0 Å². The summed E-state index contributed by atoms with van der Waals surface area (Å²) in [5.41, 5.74) is 0.873. The maximum Gasteiger partial charge on any atom is 0.201 e. The number of benzene rings is 1. The monoisotopic (exact) mass is 238 g/mol. The van der Waals surface area contributed by atoms with Crippen LogP contribution in [0.1, 0.15) is 36.7 Å². The molecule has 0 aliphatic carbocycles. The maximum atomic E-state index is 11.7. The molecule has 0 bridgehead atoms. The lowest BCUT2D eigenvalue weighted by Gasteiger charge is -2.19. The first-order chi connectivity index (χ1) is 7.36. The zero-order chi connectivity index (χ0) is 12.3. The first-order valence-electron chi connectivity index (χ1n) is 5.22. The van der Waals surface area contributed by atoms with Crippen LogP contribution in [0, 0.1) is 0 Å². The lowest BCUT2D eigenvalue weighted by atomic mass is 9.86. The van der Waals surface area contributed by atoms with Crippen molar-refractivity contribution in [3.8, 4) is 0 Å². The third-order valence-corrected chi connectivity index (χ3v) is 3.14. The highest BCUT2D eigenvalue weighted by Crippen LogP contribution is 2.23. The summed E-state index contributed by atoms with van der Waals surface area (Å²) in [7, 11) is 0. The van der Waals surface area contributed by atoms with Gasteiger partial charge in [-0.25, -0.2) is 0 Å². The number of hydrogen-bond acceptors (Lipinski definition) is 3. The number of carbonyl (C=O) groups excluding carboxylic acids is 1. The highest BCUT2D eigenvalue weighted by molar-refractivity contribution is 7.99. The Morgan fingerprint density at radius 3 is 2.12 bits per heavy atom. The summed E-state index contributed by atoms with van der Waals surface area (Å²) in [6.45, 7) is 6.38. The molecule has 16 heavy (non-hydrogen) atoms. The van der Waals surface area contributed by atoms with E-state index in [0.717, 1.165) is 11.8 Å². The van der Waals surface area contributed by atoms with Gasteiger partial charge in [-0.15, -0.1) is 11.8 Å². The second-order valence-corrected chi connectivity index (χ2v) is 5.70. The van der Waals surface area contributed by atoms with Gasteiger partial charge in [-0.05, 0) is 17.2 Å². The minimum Gasteiger partial charge on any atom is -0.374 e. The lowest BCUT2D eigenvalue weighted by Crippen LogP contribution is -2.17. The summed E-state index contributed by atoms with van der Waals surface area (Å²) < 4.78 is 0. The quantitative estimate of drug-likeness (QED) is 0.650. The smallest absolute Gasteiger partial charge is 0.201 e. The number of rotatable bonds is 3. The summed E-state index contributed by atoms with van der Waals surface area (Å²) in [5, 5.41) is 9.42. The van der Waals surface area contributed by atoms with Gasteiger partial charge >= 0.3 is 0 Å². The molecule has 88 valence electrons. The van der Waals surface area contributed by atoms with E-state index in [1.807, 2.05) is 12.1 Å². The van der Waals surface area contributed by atoms with Crippen molar-refractivity contribution in [1.82, 2.24) is 0 Å². The van der Waals surface area contributed by atoms with Crippen molar-refractivity contribution in [2.24, 2.45) is 0 Å². The molecule has 1 aromatic rings. The summed E-state index contributed by atoms with van der Waals surface area (Å²) in [6, 6.07) is 7.45. The average Bonchev–Trinajstić information content (AvgIpc) is 2.26. The van der Waals surface area contributed by atoms with E-state index < -0.39 is 5.44 Å². The molecule has 0 amide bonds. The van der Waals surface area contributed by atoms with Gasteiger partial charge in [-0.1, -0.05) is 45.0 Å². The molecule has 0 spiro atoms. The highest BCUT2D eigenvalue weighted by atomic mass is 32.2. The summed E-state index contributed by atoms with van der Waals surface area (Å²) in [6.07, 6.45) is 1.71. The molecule has 0 heterocycles. The van der Waals surface area contributed by atoms with Crippen molar-refractivity contribution < 1.29 is 9.90 Å². The molecule has 0 saturated carbocycles. The first-order valence-corrected chi connectivity index (χ1v) is 6.50. The topological polar surface area (TPSA) is 37.3 Å². The fourth-order valence-electron chi connectivity index (χ4n) is 1.38. The summed E-state index contributed by atoms with van der Waals surface area (Å²) >= 11 is 1.14. The van der Waals surface area contributed by atoms with Gasteiger partial charge < -0.3 is 5.11 Å². The molecule has 0 saturated heterocycles. The normalized spacial score (nSPS) is 13.6. The zero-order valence-electron chi connectivity index (χ0n) is 10.2. The molecule has 0 aliphatic rings. The van der Waals surface area contributed by atoms with E-state index in [4.69, 9.17) is 0 Å². The van der Waals surface area contributed by atoms with Gasteiger partial charge in [-0.3, -0.25) is 4.79 Å². The van der Waals surface area contributed by atoms with Crippen LogP contribution in [0.2, 0.25) is 0 Å². The minimum absolute atomic E-state index is 0.0830. The summed E-state index contributed by atoms with van der Waals surface area (Å²) in [5.74, 6) is -0.229. The number of hydrogen-bond donors (Lipinski definition) is 1. The van der Waals surface area contributed by atoms with Crippen molar-refractivity contribution in [3.63, 3.8) is 0 Å². The van der Waals surface area contributed by atoms with Crippen LogP contribution in [0.25, 0.3) is 0 Å². The van der Waals surface area contributed by atoms with E-state index in [0.29, 0.717) is 5.56 Å². The van der Waals surface area contributed by atoms with Crippen LogP contribution < -0.4 is 0 Å². The predicted octanol–water partition coefficient (Wildman–Crippen LogP) is 2.85. The second kappa shape index (κ2) is 5.02.